The quantitative estimate of drug-likeness (QED) is 0.840. The van der Waals surface area contributed by atoms with Crippen LogP contribution in [0.3, 0.4) is 0 Å². The van der Waals surface area contributed by atoms with Gasteiger partial charge in [0.25, 0.3) is 5.91 Å². The molecule has 1 fully saturated rings. The third-order valence-electron chi connectivity index (χ3n) is 3.09. The van der Waals surface area contributed by atoms with Gasteiger partial charge in [0.05, 0.1) is 0 Å². The Balaban J connectivity index is 2.02. The van der Waals surface area contributed by atoms with Crippen LogP contribution in [-0.4, -0.2) is 42.7 Å². The van der Waals surface area contributed by atoms with Gasteiger partial charge in [-0.25, -0.2) is 0 Å². The van der Waals surface area contributed by atoms with E-state index in [2.05, 4.69) is 0 Å². The molecule has 0 saturated carbocycles. The van der Waals surface area contributed by atoms with Crippen molar-refractivity contribution in [2.75, 3.05) is 26.8 Å². The third-order valence-corrected chi connectivity index (χ3v) is 3.09. The van der Waals surface area contributed by atoms with E-state index in [0.717, 1.165) is 5.56 Å². The van der Waals surface area contributed by atoms with E-state index in [0.29, 0.717) is 13.1 Å². The molecule has 0 aromatic heterocycles. The van der Waals surface area contributed by atoms with Crippen LogP contribution in [0.1, 0.15) is 11.7 Å². The molecule has 0 aliphatic carbocycles. The molecular weight excluding hydrogens is 218 g/mol. The van der Waals surface area contributed by atoms with E-state index in [1.165, 1.54) is 0 Å². The van der Waals surface area contributed by atoms with Gasteiger partial charge in [-0.15, -0.1) is 0 Å². The van der Waals surface area contributed by atoms with Crippen LogP contribution in [-0.2, 0) is 9.53 Å². The predicted molar refractivity (Wildman–Crippen MR) is 63.3 cm³/mol. The first-order valence-corrected chi connectivity index (χ1v) is 5.73. The average molecular weight is 235 g/mol. The summed E-state index contributed by atoms with van der Waals surface area (Å²) in [5.74, 6) is 0.204. The van der Waals surface area contributed by atoms with Gasteiger partial charge in [0.1, 0.15) is 0 Å². The van der Waals surface area contributed by atoms with Crippen LogP contribution in [0, 0.1) is 5.92 Å². The van der Waals surface area contributed by atoms with Gasteiger partial charge in [-0.3, -0.25) is 4.79 Å². The maximum atomic E-state index is 12.1. The molecule has 1 amide bonds. The predicted octanol–water partition coefficient (Wildman–Crippen LogP) is 0.825. The third kappa shape index (κ3) is 2.48. The normalized spacial score (nSPS) is 17.6. The van der Waals surface area contributed by atoms with Crippen molar-refractivity contribution in [3.63, 3.8) is 0 Å². The van der Waals surface area contributed by atoms with Crippen LogP contribution in [0.25, 0.3) is 0 Å². The Morgan fingerprint density at radius 1 is 1.47 bits per heavy atom. The molecule has 1 unspecified atom stereocenters. The second-order valence-electron chi connectivity index (χ2n) is 4.32. The minimum Gasteiger partial charge on any atom is -0.396 e. The molecule has 1 saturated heterocycles. The number of carbonyl (C=O) groups is 1. The van der Waals surface area contributed by atoms with Gasteiger partial charge in [-0.2, -0.15) is 0 Å². The summed E-state index contributed by atoms with van der Waals surface area (Å²) >= 11 is 0. The summed E-state index contributed by atoms with van der Waals surface area (Å²) in [7, 11) is 1.54. The van der Waals surface area contributed by atoms with E-state index >= 15 is 0 Å². The number of amides is 1. The van der Waals surface area contributed by atoms with Crippen LogP contribution in [0.5, 0.6) is 0 Å². The Kier molecular flexibility index (Phi) is 3.76. The Hall–Kier alpha value is -1.39. The number of aliphatic hydroxyl groups is 1. The lowest BCUT2D eigenvalue weighted by atomic mass is 9.99. The van der Waals surface area contributed by atoms with Gasteiger partial charge < -0.3 is 14.7 Å². The monoisotopic (exact) mass is 235 g/mol. The van der Waals surface area contributed by atoms with E-state index in [1.807, 2.05) is 30.3 Å². The van der Waals surface area contributed by atoms with Crippen LogP contribution in [0.2, 0.25) is 0 Å². The number of benzene rings is 1. The summed E-state index contributed by atoms with van der Waals surface area (Å²) in [6.45, 7) is 1.40. The lowest BCUT2D eigenvalue weighted by molar-refractivity contribution is -0.149. The zero-order valence-corrected chi connectivity index (χ0v) is 9.87. The molecule has 0 radical (unpaired) electrons. The minimum absolute atomic E-state index is 0.0246. The van der Waals surface area contributed by atoms with Gasteiger partial charge in [0.2, 0.25) is 0 Å². The zero-order chi connectivity index (χ0) is 12.3. The highest BCUT2D eigenvalue weighted by Crippen LogP contribution is 2.24. The summed E-state index contributed by atoms with van der Waals surface area (Å²) in [6.07, 6.45) is -0.532. The number of hydrogen-bond acceptors (Lipinski definition) is 3. The topological polar surface area (TPSA) is 49.8 Å². The van der Waals surface area contributed by atoms with Crippen LogP contribution in [0.4, 0.5) is 0 Å². The highest BCUT2D eigenvalue weighted by Gasteiger charge is 2.34. The molecule has 1 aliphatic heterocycles. The molecule has 1 aromatic carbocycles. The molecule has 2 rings (SSSR count). The highest BCUT2D eigenvalue weighted by molar-refractivity contribution is 5.83. The number of likely N-dealkylation sites (tertiary alicyclic amines) is 1. The molecule has 4 heteroatoms. The van der Waals surface area contributed by atoms with Gasteiger partial charge in [0.15, 0.2) is 6.10 Å². The van der Waals surface area contributed by atoms with E-state index in [9.17, 15) is 4.79 Å². The van der Waals surface area contributed by atoms with Crippen molar-refractivity contribution in [1.82, 2.24) is 4.90 Å². The van der Waals surface area contributed by atoms with Crippen molar-refractivity contribution < 1.29 is 14.6 Å². The number of ether oxygens (including phenoxy) is 1. The number of rotatable bonds is 4. The Bertz CT molecular complexity index is 374. The molecule has 1 aromatic rings. The SMILES string of the molecule is COC(C(=O)N1CC(CO)C1)c1ccccc1. The molecule has 1 atom stereocenters. The summed E-state index contributed by atoms with van der Waals surface area (Å²) in [5.41, 5.74) is 0.868. The van der Waals surface area contributed by atoms with Gasteiger partial charge in [-0.05, 0) is 5.56 Å². The second kappa shape index (κ2) is 5.29. The molecular formula is C13H17NO3. The smallest absolute Gasteiger partial charge is 0.256 e. The fraction of sp³-hybridized carbons (Fsp3) is 0.462. The Labute approximate surface area is 101 Å². The van der Waals surface area contributed by atoms with E-state index < -0.39 is 6.10 Å². The second-order valence-corrected chi connectivity index (χ2v) is 4.32. The van der Waals surface area contributed by atoms with Crippen molar-refractivity contribution >= 4 is 5.91 Å². The fourth-order valence-electron chi connectivity index (χ4n) is 2.04. The fourth-order valence-corrected chi connectivity index (χ4v) is 2.04. The summed E-state index contributed by atoms with van der Waals surface area (Å²) in [5, 5.41) is 8.93. The molecule has 1 heterocycles. The van der Waals surface area contributed by atoms with Gasteiger partial charge in [0, 0.05) is 32.7 Å². The maximum Gasteiger partial charge on any atom is 0.256 e. The van der Waals surface area contributed by atoms with Crippen molar-refractivity contribution in [2.24, 2.45) is 5.92 Å². The molecule has 4 nitrogen and oxygen atoms in total. The van der Waals surface area contributed by atoms with Crippen molar-refractivity contribution in [3.8, 4) is 0 Å². The first-order valence-electron chi connectivity index (χ1n) is 5.73. The Morgan fingerprint density at radius 2 is 2.12 bits per heavy atom. The van der Waals surface area contributed by atoms with Gasteiger partial charge in [-0.1, -0.05) is 30.3 Å². The first kappa shape index (κ1) is 12.1. The number of hydrogen-bond donors (Lipinski definition) is 1. The summed E-state index contributed by atoms with van der Waals surface area (Å²) in [4.78, 5) is 13.9. The van der Waals surface area contributed by atoms with Crippen molar-refractivity contribution in [3.05, 3.63) is 35.9 Å². The van der Waals surface area contributed by atoms with Crippen LogP contribution in [0.15, 0.2) is 30.3 Å². The number of nitrogens with zero attached hydrogens (tertiary/aromatic N) is 1. The molecule has 17 heavy (non-hydrogen) atoms. The average Bonchev–Trinajstić information content (AvgIpc) is 2.30. The summed E-state index contributed by atoms with van der Waals surface area (Å²) < 4.78 is 5.27. The molecule has 1 aliphatic rings. The maximum absolute atomic E-state index is 12.1. The summed E-state index contributed by atoms with van der Waals surface area (Å²) in [6, 6.07) is 9.46. The number of aliphatic hydroxyl groups excluding tert-OH is 1. The number of methoxy groups -OCH3 is 1. The largest absolute Gasteiger partial charge is 0.396 e. The van der Waals surface area contributed by atoms with Crippen molar-refractivity contribution in [1.29, 1.82) is 0 Å². The van der Waals surface area contributed by atoms with Crippen LogP contribution < -0.4 is 0 Å². The Morgan fingerprint density at radius 3 is 2.65 bits per heavy atom. The lowest BCUT2D eigenvalue weighted by Crippen LogP contribution is -2.53. The highest BCUT2D eigenvalue weighted by atomic mass is 16.5. The van der Waals surface area contributed by atoms with Crippen LogP contribution >= 0.6 is 0 Å². The zero-order valence-electron chi connectivity index (χ0n) is 9.87. The minimum atomic E-state index is -0.532. The molecule has 92 valence electrons. The van der Waals surface area contributed by atoms with Gasteiger partial charge >= 0.3 is 0 Å². The van der Waals surface area contributed by atoms with E-state index in [-0.39, 0.29) is 18.4 Å². The number of carbonyl (C=O) groups excluding carboxylic acids is 1. The lowest BCUT2D eigenvalue weighted by Gasteiger charge is -2.39. The molecule has 0 bridgehead atoms. The molecule has 1 N–H and O–H groups in total. The standard InChI is InChI=1S/C13H17NO3/c1-17-12(11-5-3-2-4-6-11)13(16)14-7-10(8-14)9-15/h2-6,10,12,15H,7-9H2,1H3. The van der Waals surface area contributed by atoms with Crippen molar-refractivity contribution in [2.45, 2.75) is 6.10 Å². The van der Waals surface area contributed by atoms with E-state index in [1.54, 1.807) is 12.0 Å². The van der Waals surface area contributed by atoms with E-state index in [4.69, 9.17) is 9.84 Å². The first-order chi connectivity index (χ1) is 8.26. The molecule has 0 spiro atoms.